The Morgan fingerprint density at radius 1 is 0.190 bits per heavy atom. The lowest BCUT2D eigenvalue weighted by Gasteiger charge is -2.46. The Hall–Kier alpha value is -11.7. The summed E-state index contributed by atoms with van der Waals surface area (Å²) in [5, 5.41) is 4.99. The van der Waals surface area contributed by atoms with Crippen molar-refractivity contribution in [3.8, 4) is 67.0 Å². The van der Waals surface area contributed by atoms with E-state index >= 15 is 0 Å². The Bertz CT molecular complexity index is 7280. The molecule has 5 heteroatoms. The van der Waals surface area contributed by atoms with Crippen LogP contribution in [0.15, 0.2) is 261 Å². The average molecular weight is 1800 g/mol. The number of para-hydroxylation sites is 2. The molecule has 0 atom stereocenters. The molecular weight excluding hydrogens is 1650 g/mol. The standard InChI is InChI=1S/C132H151BN4/c1-121(2,3)85-51-46-80(47-52-85)97-40-37-42-99(84-68-93(129(25,26)27)72-94(69-84)130(28,29)30)119(97)137-114-77-95(134-109-62-55-87(123(7,8)9)73-101(109)102-74-88(124(10,11)12)56-63-110(102)134)59-61-108(114)133-107-60-50-82(83-66-91(127(19,20)21)71-92(67-83)128(22,23)24)70-113(107)136(115-78-96(79-116(137)118(115)133)135-111-64-57-89(125(13,14)15)75-103(111)104-76-90(126(16,17)18)58-65-112(104)135)120-98(81-48-53-86(54-49-81)122(4,5)6)41-38-43-100(120)117-105(131(31,32)33)44-39-45-106(117)132(34,35)36/h37-79H,1-36H3. The third kappa shape index (κ3) is 17.3. The second kappa shape index (κ2) is 32.5. The molecule has 0 N–H and O–H groups in total. The van der Waals surface area contributed by atoms with Crippen molar-refractivity contribution >= 4 is 101 Å². The van der Waals surface area contributed by atoms with Gasteiger partial charge in [-0.3, -0.25) is 0 Å². The van der Waals surface area contributed by atoms with Gasteiger partial charge in [-0.15, -0.1) is 0 Å². The van der Waals surface area contributed by atoms with Gasteiger partial charge in [0.1, 0.15) is 0 Å². The quantitative estimate of drug-likeness (QED) is 0.134. The van der Waals surface area contributed by atoms with Gasteiger partial charge in [0.05, 0.1) is 39.1 Å². The van der Waals surface area contributed by atoms with Gasteiger partial charge in [0.2, 0.25) is 0 Å². The van der Waals surface area contributed by atoms with Crippen molar-refractivity contribution in [1.29, 1.82) is 0 Å². The minimum Gasteiger partial charge on any atom is -0.310 e. The van der Waals surface area contributed by atoms with Crippen molar-refractivity contribution in [3.05, 3.63) is 328 Å². The highest BCUT2D eigenvalue weighted by Gasteiger charge is 2.48. The molecule has 0 saturated heterocycles. The van der Waals surface area contributed by atoms with Gasteiger partial charge in [-0.05, 0) is 260 Å². The van der Waals surface area contributed by atoms with Crippen LogP contribution in [-0.2, 0) is 65.0 Å². The summed E-state index contributed by atoms with van der Waals surface area (Å²) < 4.78 is 5.29. The van der Waals surface area contributed by atoms with Crippen molar-refractivity contribution in [3.63, 3.8) is 0 Å². The van der Waals surface area contributed by atoms with Crippen LogP contribution in [0.4, 0.5) is 34.1 Å². The molecule has 0 fully saturated rings. The summed E-state index contributed by atoms with van der Waals surface area (Å²) >= 11 is 0. The summed E-state index contributed by atoms with van der Waals surface area (Å²) in [5.41, 5.74) is 42.7. The SMILES string of the molecule is CC(C)(C)c1ccc(-c2cccc(-c3cc(C(C)(C)C)cc(C(C)(C)C)c3)c2N2c3cc(-n4c5ccc(C(C)(C)C)cc5c5cc(C(C)(C)C)ccc54)ccc3B3c4ccc(-c5cc(C(C)(C)C)cc(C(C)(C)C)c5)cc4N(c4c(-c5ccc(C(C)(C)C)cc5)cccc4-c4c(C(C)(C)C)cccc4C(C)(C)C)c4cc(-n5c6ccc(C(C)(C)C)cc6c6cc(C(C)(C)C)ccc65)cc2c43)cc1. The van der Waals surface area contributed by atoms with E-state index in [2.05, 4.69) is 529 Å². The summed E-state index contributed by atoms with van der Waals surface area (Å²) in [4.78, 5) is 5.68. The lowest BCUT2D eigenvalue weighted by molar-refractivity contribution is 0.568. The molecule has 16 aromatic rings. The maximum atomic E-state index is 2.85. The number of fused-ring (bicyclic) bond motifs is 10. The highest BCUT2D eigenvalue weighted by Crippen LogP contribution is 2.58. The van der Waals surface area contributed by atoms with Crippen LogP contribution in [0.3, 0.4) is 0 Å². The van der Waals surface area contributed by atoms with E-state index in [4.69, 9.17) is 0 Å². The molecule has 0 bridgehead atoms. The van der Waals surface area contributed by atoms with Gasteiger partial charge < -0.3 is 18.9 Å². The molecule has 4 heterocycles. The van der Waals surface area contributed by atoms with Crippen LogP contribution in [0.2, 0.25) is 0 Å². The topological polar surface area (TPSA) is 16.3 Å². The summed E-state index contributed by atoms with van der Waals surface area (Å²) in [6, 6.07) is 107. The second-order valence-electron chi connectivity index (χ2n) is 53.0. The smallest absolute Gasteiger partial charge is 0.252 e. The van der Waals surface area contributed by atoms with Crippen LogP contribution < -0.4 is 26.2 Å². The van der Waals surface area contributed by atoms with Gasteiger partial charge in [-0.25, -0.2) is 0 Å². The van der Waals surface area contributed by atoms with E-state index in [-0.39, 0.29) is 71.7 Å². The van der Waals surface area contributed by atoms with Gasteiger partial charge in [0, 0.05) is 72.2 Å². The molecule has 0 saturated carbocycles. The van der Waals surface area contributed by atoms with Gasteiger partial charge in [-0.2, -0.15) is 0 Å². The number of hydrogen-bond donors (Lipinski definition) is 0. The molecule has 137 heavy (non-hydrogen) atoms. The zero-order valence-electron chi connectivity index (χ0n) is 89.7. The third-order valence-corrected chi connectivity index (χ3v) is 30.1. The fourth-order valence-corrected chi connectivity index (χ4v) is 21.5. The van der Waals surface area contributed by atoms with Crippen molar-refractivity contribution in [1.82, 2.24) is 9.13 Å². The fraction of sp³-hybridized carbons (Fsp3) is 0.364. The first-order valence-electron chi connectivity index (χ1n) is 50.7. The zero-order chi connectivity index (χ0) is 99.0. The Kier molecular flexibility index (Phi) is 22.7. The lowest BCUT2D eigenvalue weighted by Crippen LogP contribution is -2.61. The largest absolute Gasteiger partial charge is 0.310 e. The highest BCUT2D eigenvalue weighted by molar-refractivity contribution is 7.00. The molecule has 0 spiro atoms. The number of anilines is 6. The predicted octanol–water partition coefficient (Wildman–Crippen LogP) is 35.9. The lowest BCUT2D eigenvalue weighted by atomic mass is 9.33. The van der Waals surface area contributed by atoms with Crippen LogP contribution in [0, 0.1) is 0 Å². The Morgan fingerprint density at radius 2 is 0.467 bits per heavy atom. The summed E-state index contributed by atoms with van der Waals surface area (Å²) in [6.45, 7) is 85.3. The molecular formula is C132H151BN4. The summed E-state index contributed by atoms with van der Waals surface area (Å²) in [6.07, 6.45) is 0. The molecule has 0 radical (unpaired) electrons. The van der Waals surface area contributed by atoms with Gasteiger partial charge in [0.25, 0.3) is 6.71 Å². The summed E-state index contributed by atoms with van der Waals surface area (Å²) in [7, 11) is 0. The van der Waals surface area contributed by atoms with Crippen LogP contribution in [-0.4, -0.2) is 15.8 Å². The Morgan fingerprint density at radius 3 is 0.810 bits per heavy atom. The number of nitrogens with zero attached hydrogens (tertiary/aromatic N) is 4. The van der Waals surface area contributed by atoms with E-state index in [0.29, 0.717) is 0 Å². The molecule has 0 unspecified atom stereocenters. The molecule has 0 aliphatic carbocycles. The second-order valence-corrected chi connectivity index (χ2v) is 53.0. The minimum atomic E-state index is -0.351. The molecule has 4 nitrogen and oxygen atoms in total. The molecule has 14 aromatic carbocycles. The average Bonchev–Trinajstić information content (AvgIpc) is 1.44. The number of rotatable bonds is 9. The van der Waals surface area contributed by atoms with Crippen LogP contribution >= 0.6 is 0 Å². The minimum absolute atomic E-state index is 0.100. The van der Waals surface area contributed by atoms with Crippen molar-refractivity contribution in [2.24, 2.45) is 0 Å². The van der Waals surface area contributed by atoms with Gasteiger partial charge in [0.15, 0.2) is 0 Å². The molecule has 0 amide bonds. The van der Waals surface area contributed by atoms with Gasteiger partial charge >= 0.3 is 0 Å². The highest BCUT2D eigenvalue weighted by atomic mass is 15.2. The third-order valence-electron chi connectivity index (χ3n) is 30.1. The number of benzene rings is 14. The van der Waals surface area contributed by atoms with E-state index in [9.17, 15) is 0 Å². The molecule has 2 aliphatic heterocycles. The van der Waals surface area contributed by atoms with Crippen molar-refractivity contribution < 1.29 is 0 Å². The molecule has 18 rings (SSSR count). The Balaban J connectivity index is 1.11. The van der Waals surface area contributed by atoms with E-state index in [0.717, 1.165) is 84.3 Å². The maximum absolute atomic E-state index is 2.85. The first-order valence-corrected chi connectivity index (χ1v) is 50.7. The maximum Gasteiger partial charge on any atom is 0.252 e. The van der Waals surface area contributed by atoms with Crippen molar-refractivity contribution in [2.45, 2.75) is 314 Å². The van der Waals surface area contributed by atoms with E-state index in [1.807, 2.05) is 0 Å². The first kappa shape index (κ1) is 95.6. The first-order chi connectivity index (χ1) is 63.5. The number of aromatic nitrogens is 2. The number of hydrogen-bond acceptors (Lipinski definition) is 2. The molecule has 2 aliphatic rings. The van der Waals surface area contributed by atoms with E-state index in [1.165, 1.54) is 144 Å². The molecule has 2 aromatic heterocycles. The molecule has 702 valence electrons. The fourth-order valence-electron chi connectivity index (χ4n) is 21.5. The van der Waals surface area contributed by atoms with Crippen LogP contribution in [0.5, 0.6) is 0 Å². The normalized spacial score (nSPS) is 13.9. The predicted molar refractivity (Wildman–Crippen MR) is 601 cm³/mol. The Labute approximate surface area is 822 Å². The van der Waals surface area contributed by atoms with Gasteiger partial charge in [-0.1, -0.05) is 431 Å². The van der Waals surface area contributed by atoms with Crippen molar-refractivity contribution in [2.75, 3.05) is 9.80 Å². The van der Waals surface area contributed by atoms with E-state index < -0.39 is 0 Å². The van der Waals surface area contributed by atoms with Crippen LogP contribution in [0.1, 0.15) is 316 Å². The summed E-state index contributed by atoms with van der Waals surface area (Å²) in [5.74, 6) is 0. The van der Waals surface area contributed by atoms with Crippen LogP contribution in [0.25, 0.3) is 111 Å². The van der Waals surface area contributed by atoms with E-state index in [1.54, 1.807) is 0 Å². The zero-order valence-corrected chi connectivity index (χ0v) is 89.7. The monoisotopic (exact) mass is 1800 g/mol.